The molecule has 0 bridgehead atoms. The highest BCUT2D eigenvalue weighted by Gasteiger charge is 2.32. The number of aromatic nitrogens is 3. The maximum absolute atomic E-state index is 6.26. The molecule has 0 radical (unpaired) electrons. The van der Waals surface area contributed by atoms with E-state index in [1.165, 1.54) is 0 Å². The average molecular weight is 317 g/mol. The van der Waals surface area contributed by atoms with Gasteiger partial charge in [0.15, 0.2) is 0 Å². The normalized spacial score (nSPS) is 16.6. The molecule has 0 saturated heterocycles. The lowest BCUT2D eigenvalue weighted by atomic mass is 10.1. The first-order valence-electron chi connectivity index (χ1n) is 6.13. The number of hydrogen-bond acceptors (Lipinski definition) is 2. The third kappa shape index (κ3) is 2.47. The van der Waals surface area contributed by atoms with Gasteiger partial charge in [-0.15, -0.1) is 10.2 Å². The summed E-state index contributed by atoms with van der Waals surface area (Å²) < 4.78 is 1.95. The fourth-order valence-corrected chi connectivity index (χ4v) is 3.08. The summed E-state index contributed by atoms with van der Waals surface area (Å²) in [6, 6.07) is 5.48. The summed E-state index contributed by atoms with van der Waals surface area (Å²) in [7, 11) is 0. The zero-order valence-corrected chi connectivity index (χ0v) is 12.5. The molecule has 1 saturated carbocycles. The molecule has 0 spiro atoms. The van der Waals surface area contributed by atoms with Gasteiger partial charge >= 0.3 is 0 Å². The highest BCUT2D eigenvalue weighted by Crippen LogP contribution is 2.42. The van der Waals surface area contributed by atoms with Crippen LogP contribution in [-0.2, 0) is 0 Å². The highest BCUT2D eigenvalue weighted by molar-refractivity contribution is 6.35. The van der Waals surface area contributed by atoms with E-state index in [0.717, 1.165) is 24.2 Å². The van der Waals surface area contributed by atoms with Crippen LogP contribution in [0.5, 0.6) is 0 Å². The van der Waals surface area contributed by atoms with Gasteiger partial charge in [-0.3, -0.25) is 4.57 Å². The van der Waals surface area contributed by atoms with Crippen LogP contribution in [0.4, 0.5) is 0 Å². The molecule has 1 aromatic carbocycles. The summed E-state index contributed by atoms with van der Waals surface area (Å²) in [5.74, 6) is 1.43. The van der Waals surface area contributed by atoms with E-state index in [-0.39, 0.29) is 6.04 Å². The molecule has 19 heavy (non-hydrogen) atoms. The van der Waals surface area contributed by atoms with Gasteiger partial charge in [0.25, 0.3) is 0 Å². The van der Waals surface area contributed by atoms with Crippen LogP contribution in [0.25, 0.3) is 0 Å². The van der Waals surface area contributed by atoms with Crippen molar-refractivity contribution >= 4 is 34.8 Å². The van der Waals surface area contributed by atoms with E-state index in [4.69, 9.17) is 34.8 Å². The Bertz CT molecular complexity index is 620. The van der Waals surface area contributed by atoms with Crippen LogP contribution >= 0.6 is 34.8 Å². The minimum atomic E-state index is -0.0112. The minimum absolute atomic E-state index is 0.0112. The zero-order valence-electron chi connectivity index (χ0n) is 10.3. The lowest BCUT2D eigenvalue weighted by Gasteiger charge is -2.18. The second-order valence-corrected chi connectivity index (χ2v) is 6.00. The predicted molar refractivity (Wildman–Crippen MR) is 77.3 cm³/mol. The lowest BCUT2D eigenvalue weighted by Crippen LogP contribution is -2.11. The van der Waals surface area contributed by atoms with Crippen molar-refractivity contribution in [2.45, 2.75) is 31.7 Å². The van der Waals surface area contributed by atoms with Crippen LogP contribution in [-0.4, -0.2) is 14.8 Å². The molecule has 3 rings (SSSR count). The summed E-state index contributed by atoms with van der Waals surface area (Å²) in [5.41, 5.74) is 0.967. The van der Waals surface area contributed by atoms with E-state index < -0.39 is 0 Å². The van der Waals surface area contributed by atoms with E-state index in [9.17, 15) is 0 Å². The third-order valence-corrected chi connectivity index (χ3v) is 4.24. The molecule has 1 atom stereocenters. The Morgan fingerprint density at radius 1 is 1.21 bits per heavy atom. The van der Waals surface area contributed by atoms with Gasteiger partial charge in [0.2, 0.25) is 5.28 Å². The standard InChI is InChI=1S/C13H12Cl3N3/c1-7(10-5-4-9(14)6-11(10)15)19-12(8-2-3-8)17-18-13(19)16/h4-8H,2-3H2,1H3. The molecule has 1 fully saturated rings. The van der Waals surface area contributed by atoms with Crippen molar-refractivity contribution in [3.05, 3.63) is 44.9 Å². The summed E-state index contributed by atoms with van der Waals surface area (Å²) in [6.07, 6.45) is 2.30. The Balaban J connectivity index is 2.03. The van der Waals surface area contributed by atoms with Crippen molar-refractivity contribution in [2.24, 2.45) is 0 Å². The summed E-state index contributed by atoms with van der Waals surface area (Å²) in [4.78, 5) is 0. The lowest BCUT2D eigenvalue weighted by molar-refractivity contribution is 0.603. The quantitative estimate of drug-likeness (QED) is 0.820. The third-order valence-electron chi connectivity index (χ3n) is 3.42. The predicted octanol–water partition coefficient (Wildman–Crippen LogP) is 4.73. The molecule has 1 aliphatic rings. The van der Waals surface area contributed by atoms with Crippen molar-refractivity contribution in [3.63, 3.8) is 0 Å². The van der Waals surface area contributed by atoms with Crippen LogP contribution in [0.2, 0.25) is 15.3 Å². The number of benzene rings is 1. The van der Waals surface area contributed by atoms with Crippen molar-refractivity contribution in [3.8, 4) is 0 Å². The van der Waals surface area contributed by atoms with Gasteiger partial charge in [-0.1, -0.05) is 29.3 Å². The molecular weight excluding hydrogens is 305 g/mol. The van der Waals surface area contributed by atoms with Gasteiger partial charge in [-0.05, 0) is 49.1 Å². The molecule has 1 aromatic heterocycles. The van der Waals surface area contributed by atoms with E-state index in [2.05, 4.69) is 10.2 Å². The van der Waals surface area contributed by atoms with Gasteiger partial charge in [0.1, 0.15) is 5.82 Å². The molecule has 0 aliphatic heterocycles. The highest BCUT2D eigenvalue weighted by atomic mass is 35.5. The van der Waals surface area contributed by atoms with Gasteiger partial charge in [-0.2, -0.15) is 0 Å². The van der Waals surface area contributed by atoms with Crippen molar-refractivity contribution in [1.29, 1.82) is 0 Å². The maximum atomic E-state index is 6.26. The zero-order chi connectivity index (χ0) is 13.6. The van der Waals surface area contributed by atoms with Gasteiger partial charge in [0.05, 0.1) is 6.04 Å². The molecule has 2 aromatic rings. The van der Waals surface area contributed by atoms with Crippen LogP contribution in [0.1, 0.15) is 43.1 Å². The number of halogens is 3. The Labute approximate surface area is 126 Å². The van der Waals surface area contributed by atoms with E-state index in [0.29, 0.717) is 21.2 Å². The van der Waals surface area contributed by atoms with Crippen LogP contribution in [0.15, 0.2) is 18.2 Å². The minimum Gasteiger partial charge on any atom is -0.294 e. The summed E-state index contributed by atoms with van der Waals surface area (Å²) >= 11 is 18.4. The van der Waals surface area contributed by atoms with Crippen molar-refractivity contribution in [1.82, 2.24) is 14.8 Å². The van der Waals surface area contributed by atoms with E-state index >= 15 is 0 Å². The van der Waals surface area contributed by atoms with Crippen LogP contribution < -0.4 is 0 Å². The molecule has 6 heteroatoms. The second-order valence-electron chi connectivity index (χ2n) is 4.81. The molecule has 1 aliphatic carbocycles. The molecular formula is C13H12Cl3N3. The van der Waals surface area contributed by atoms with Crippen LogP contribution in [0.3, 0.4) is 0 Å². The first-order chi connectivity index (χ1) is 9.08. The first-order valence-corrected chi connectivity index (χ1v) is 7.26. The SMILES string of the molecule is CC(c1ccc(Cl)cc1Cl)n1c(Cl)nnc1C1CC1. The fourth-order valence-electron chi connectivity index (χ4n) is 2.24. The van der Waals surface area contributed by atoms with Gasteiger partial charge in [-0.25, -0.2) is 0 Å². The number of hydrogen-bond donors (Lipinski definition) is 0. The molecule has 3 nitrogen and oxygen atoms in total. The molecule has 0 N–H and O–H groups in total. The van der Waals surface area contributed by atoms with Crippen molar-refractivity contribution < 1.29 is 0 Å². The second kappa shape index (κ2) is 4.97. The monoisotopic (exact) mass is 315 g/mol. The number of rotatable bonds is 3. The fraction of sp³-hybridized carbons (Fsp3) is 0.385. The molecule has 1 unspecified atom stereocenters. The maximum Gasteiger partial charge on any atom is 0.225 e. The first kappa shape index (κ1) is 13.2. The largest absolute Gasteiger partial charge is 0.294 e. The van der Waals surface area contributed by atoms with Gasteiger partial charge in [0, 0.05) is 16.0 Å². The Kier molecular flexibility index (Phi) is 3.46. The summed E-state index contributed by atoms with van der Waals surface area (Å²) in [5, 5.41) is 9.82. The number of nitrogens with zero attached hydrogens (tertiary/aromatic N) is 3. The Morgan fingerprint density at radius 2 is 1.95 bits per heavy atom. The summed E-state index contributed by atoms with van der Waals surface area (Å²) in [6.45, 7) is 2.04. The molecule has 100 valence electrons. The topological polar surface area (TPSA) is 30.7 Å². The molecule has 1 heterocycles. The Hall–Kier alpha value is -0.770. The Morgan fingerprint density at radius 3 is 2.58 bits per heavy atom. The van der Waals surface area contributed by atoms with Crippen molar-refractivity contribution in [2.75, 3.05) is 0 Å². The van der Waals surface area contributed by atoms with E-state index in [1.807, 2.05) is 23.6 Å². The van der Waals surface area contributed by atoms with Crippen LogP contribution in [0, 0.1) is 0 Å². The average Bonchev–Trinajstić information content (AvgIpc) is 3.12. The van der Waals surface area contributed by atoms with E-state index in [1.54, 1.807) is 6.07 Å². The smallest absolute Gasteiger partial charge is 0.225 e. The van der Waals surface area contributed by atoms with Gasteiger partial charge < -0.3 is 0 Å². The molecule has 0 amide bonds.